The van der Waals surface area contributed by atoms with Crippen molar-refractivity contribution < 1.29 is 27.5 Å². The molecular formula is C23H17Cl2N5O6S2. The van der Waals surface area contributed by atoms with Gasteiger partial charge in [0.1, 0.15) is 4.90 Å². The van der Waals surface area contributed by atoms with Crippen LogP contribution in [0.4, 0.5) is 0 Å². The third kappa shape index (κ3) is 5.51. The smallest absolute Gasteiger partial charge is 0.286 e. The molecule has 4 aromatic rings. The molecule has 196 valence electrons. The number of aromatic nitrogens is 2. The van der Waals surface area contributed by atoms with Crippen molar-refractivity contribution in [2.45, 2.75) is 15.5 Å². The number of nitrogens with two attached hydrogens (primary N) is 1. The first-order valence-electron chi connectivity index (χ1n) is 10.7. The zero-order valence-corrected chi connectivity index (χ0v) is 22.2. The number of ether oxygens (including phenoxy) is 2. The summed E-state index contributed by atoms with van der Waals surface area (Å²) in [6, 6.07) is 14.9. The summed E-state index contributed by atoms with van der Waals surface area (Å²) >= 11 is 13.7. The van der Waals surface area contributed by atoms with Crippen molar-refractivity contribution in [1.29, 1.82) is 0 Å². The minimum absolute atomic E-state index is 0.0130. The molecule has 5 rings (SSSR count). The highest BCUT2D eigenvalue weighted by Crippen LogP contribution is 2.40. The molecule has 11 nitrogen and oxygen atoms in total. The fraction of sp³-hybridized carbons (Fsp3) is 0.0870. The molecule has 38 heavy (non-hydrogen) atoms. The van der Waals surface area contributed by atoms with Crippen molar-refractivity contribution in [2.75, 3.05) is 6.79 Å². The lowest BCUT2D eigenvalue weighted by Crippen LogP contribution is -2.29. The lowest BCUT2D eigenvalue weighted by molar-refractivity contribution is 0.174. The fourth-order valence-electron chi connectivity index (χ4n) is 3.45. The molecule has 0 amide bonds. The minimum atomic E-state index is -4.40. The second-order valence-electron chi connectivity index (χ2n) is 7.74. The van der Waals surface area contributed by atoms with Gasteiger partial charge in [-0.3, -0.25) is 5.21 Å². The number of thioether (sulfide) groups is 1. The van der Waals surface area contributed by atoms with Crippen LogP contribution in [0.25, 0.3) is 22.9 Å². The predicted octanol–water partition coefficient (Wildman–Crippen LogP) is 4.71. The SMILES string of the molecule is N/C(=N\S(=O)(=O)c1cc(-c2nnc(-c3ccc(Cl)cc3)o2)c(Cl)cc1SCc1ccc2c(c1)OCO2)NO. The van der Waals surface area contributed by atoms with Crippen molar-refractivity contribution in [3.63, 3.8) is 0 Å². The van der Waals surface area contributed by atoms with Crippen LogP contribution in [0.1, 0.15) is 5.56 Å². The second kappa shape index (κ2) is 10.7. The van der Waals surface area contributed by atoms with Crippen LogP contribution in [0.5, 0.6) is 11.5 Å². The Balaban J connectivity index is 1.52. The molecule has 1 aliphatic rings. The summed E-state index contributed by atoms with van der Waals surface area (Å²) in [6.45, 7) is 0.138. The van der Waals surface area contributed by atoms with Gasteiger partial charge >= 0.3 is 0 Å². The van der Waals surface area contributed by atoms with Crippen molar-refractivity contribution >= 4 is 50.9 Å². The summed E-state index contributed by atoms with van der Waals surface area (Å²) in [5.74, 6) is 1.06. The summed E-state index contributed by atoms with van der Waals surface area (Å²) in [4.78, 5) is 0.0513. The van der Waals surface area contributed by atoms with Gasteiger partial charge in [0, 0.05) is 21.2 Å². The molecule has 0 bridgehead atoms. The number of sulfonamides is 1. The number of guanidine groups is 1. The highest BCUT2D eigenvalue weighted by atomic mass is 35.5. The number of nitrogens with one attached hydrogen (secondary N) is 1. The highest BCUT2D eigenvalue weighted by Gasteiger charge is 2.25. The van der Waals surface area contributed by atoms with Gasteiger partial charge in [-0.25, -0.2) is 5.48 Å². The van der Waals surface area contributed by atoms with Crippen LogP contribution in [-0.4, -0.2) is 36.6 Å². The van der Waals surface area contributed by atoms with E-state index in [-0.39, 0.29) is 39.0 Å². The quantitative estimate of drug-likeness (QED) is 0.118. The maximum Gasteiger partial charge on any atom is 0.286 e. The van der Waals surface area contributed by atoms with Crippen LogP contribution >= 0.6 is 35.0 Å². The van der Waals surface area contributed by atoms with Gasteiger partial charge in [0.15, 0.2) is 11.5 Å². The van der Waals surface area contributed by atoms with Crippen molar-refractivity contribution in [1.82, 2.24) is 15.7 Å². The minimum Gasteiger partial charge on any atom is -0.454 e. The van der Waals surface area contributed by atoms with E-state index in [1.54, 1.807) is 30.3 Å². The van der Waals surface area contributed by atoms with Crippen LogP contribution in [0, 0.1) is 0 Å². The van der Waals surface area contributed by atoms with Gasteiger partial charge in [0.05, 0.1) is 10.6 Å². The Bertz CT molecular complexity index is 1640. The average Bonchev–Trinajstić information content (AvgIpc) is 3.57. The van der Waals surface area contributed by atoms with Gasteiger partial charge in [-0.2, -0.15) is 8.42 Å². The standard InChI is InChI=1S/C23H17Cl2N5O6S2/c24-14-4-2-13(3-5-14)21-27-28-22(36-21)15-8-20(38(32,33)30-23(26)29-31)19(9-16(15)25)37-10-12-1-6-17-18(7-12)35-11-34-17/h1-9,31H,10-11H2,(H3,26,29,30). The summed E-state index contributed by atoms with van der Waals surface area (Å²) < 4.78 is 46.2. The summed E-state index contributed by atoms with van der Waals surface area (Å²) in [5.41, 5.74) is 8.56. The molecule has 0 unspecified atom stereocenters. The molecule has 0 atom stereocenters. The van der Waals surface area contributed by atoms with Crippen molar-refractivity contribution in [3.05, 3.63) is 70.2 Å². The maximum absolute atomic E-state index is 13.1. The number of hydrogen-bond acceptors (Lipinski definition) is 9. The Labute approximate surface area is 230 Å². The molecule has 1 aliphatic heterocycles. The first kappa shape index (κ1) is 26.1. The van der Waals surface area contributed by atoms with Crippen LogP contribution < -0.4 is 20.7 Å². The fourth-order valence-corrected chi connectivity index (χ4v) is 6.26. The van der Waals surface area contributed by atoms with Gasteiger partial charge in [0.25, 0.3) is 10.0 Å². The highest BCUT2D eigenvalue weighted by molar-refractivity contribution is 7.99. The van der Waals surface area contributed by atoms with Crippen LogP contribution in [0.3, 0.4) is 0 Å². The van der Waals surface area contributed by atoms with E-state index in [1.807, 2.05) is 12.1 Å². The number of nitrogens with zero attached hydrogens (tertiary/aromatic N) is 3. The molecule has 0 saturated carbocycles. The van der Waals surface area contributed by atoms with Gasteiger partial charge in [-0.1, -0.05) is 29.3 Å². The zero-order chi connectivity index (χ0) is 26.9. The molecule has 0 fully saturated rings. The van der Waals surface area contributed by atoms with Gasteiger partial charge in [-0.15, -0.1) is 26.4 Å². The Morgan fingerprint density at radius 2 is 1.79 bits per heavy atom. The van der Waals surface area contributed by atoms with E-state index in [9.17, 15) is 8.42 Å². The van der Waals surface area contributed by atoms with Crippen molar-refractivity contribution in [3.8, 4) is 34.4 Å². The topological polar surface area (TPSA) is 162 Å². The van der Waals surface area contributed by atoms with Crippen LogP contribution in [0.15, 0.2) is 73.2 Å². The summed E-state index contributed by atoms with van der Waals surface area (Å²) in [6.07, 6.45) is 0. The number of benzene rings is 3. The van der Waals surface area contributed by atoms with Gasteiger partial charge in [-0.05, 0) is 54.1 Å². The zero-order valence-electron chi connectivity index (χ0n) is 19.1. The van der Waals surface area contributed by atoms with E-state index in [2.05, 4.69) is 14.6 Å². The first-order valence-corrected chi connectivity index (χ1v) is 13.9. The molecule has 15 heteroatoms. The third-order valence-corrected chi connectivity index (χ3v) is 8.37. The van der Waals surface area contributed by atoms with Gasteiger partial charge in [0.2, 0.25) is 24.5 Å². The molecule has 1 aromatic heterocycles. The maximum atomic E-state index is 13.1. The van der Waals surface area contributed by atoms with Crippen LogP contribution in [0.2, 0.25) is 10.0 Å². The lowest BCUT2D eigenvalue weighted by Gasteiger charge is -2.11. The molecule has 0 saturated heterocycles. The summed E-state index contributed by atoms with van der Waals surface area (Å²) in [5, 5.41) is 17.8. The van der Waals surface area contributed by atoms with E-state index in [1.165, 1.54) is 29.4 Å². The largest absolute Gasteiger partial charge is 0.454 e. The number of halogens is 2. The summed E-state index contributed by atoms with van der Waals surface area (Å²) in [7, 11) is -4.40. The lowest BCUT2D eigenvalue weighted by atomic mass is 10.2. The van der Waals surface area contributed by atoms with Crippen LogP contribution in [-0.2, 0) is 15.8 Å². The Hall–Kier alpha value is -3.49. The van der Waals surface area contributed by atoms with Crippen molar-refractivity contribution in [2.24, 2.45) is 10.1 Å². The number of rotatable bonds is 7. The molecule has 3 aromatic carbocycles. The average molecular weight is 594 g/mol. The monoisotopic (exact) mass is 593 g/mol. The predicted molar refractivity (Wildman–Crippen MR) is 141 cm³/mol. The van der Waals surface area contributed by atoms with E-state index < -0.39 is 16.0 Å². The molecule has 2 heterocycles. The van der Waals surface area contributed by atoms with E-state index in [4.69, 9.17) is 48.0 Å². The molecule has 0 aliphatic carbocycles. The molecule has 0 radical (unpaired) electrons. The Morgan fingerprint density at radius 3 is 2.55 bits per heavy atom. The first-order chi connectivity index (χ1) is 18.2. The normalized spacial score (nSPS) is 13.1. The number of hydroxylamine groups is 1. The van der Waals surface area contributed by atoms with E-state index in [0.717, 1.165) is 5.56 Å². The van der Waals surface area contributed by atoms with E-state index >= 15 is 0 Å². The Kier molecular flexibility index (Phi) is 7.36. The molecule has 0 spiro atoms. The third-order valence-electron chi connectivity index (χ3n) is 5.22. The van der Waals surface area contributed by atoms with Gasteiger partial charge < -0.3 is 19.6 Å². The van der Waals surface area contributed by atoms with E-state index in [0.29, 0.717) is 27.8 Å². The number of fused-ring (bicyclic) bond motifs is 1. The molecular weight excluding hydrogens is 577 g/mol. The second-order valence-corrected chi connectivity index (χ2v) is 11.2. The number of hydrogen-bond donors (Lipinski definition) is 3. The molecule has 4 N–H and O–H groups in total. The Morgan fingerprint density at radius 1 is 1.05 bits per heavy atom.